The van der Waals surface area contributed by atoms with Gasteiger partial charge in [0, 0.05) is 12.4 Å². The fourth-order valence-electron chi connectivity index (χ4n) is 0.936. The van der Waals surface area contributed by atoms with Crippen LogP contribution in [-0.4, -0.2) is 28.6 Å². The lowest BCUT2D eigenvalue weighted by molar-refractivity contribution is -0.145. The van der Waals surface area contributed by atoms with Gasteiger partial charge >= 0.3 is 5.97 Å². The molecule has 0 aromatic carbocycles. The van der Waals surface area contributed by atoms with Crippen molar-refractivity contribution in [1.82, 2.24) is 14.9 Å². The van der Waals surface area contributed by atoms with Gasteiger partial charge in [0.1, 0.15) is 0 Å². The predicted molar refractivity (Wildman–Crippen MR) is 48.3 cm³/mol. The van der Waals surface area contributed by atoms with E-state index in [4.69, 9.17) is 11.1 Å². The molecule has 14 heavy (non-hydrogen) atoms. The molecule has 7 heteroatoms. The van der Waals surface area contributed by atoms with Crippen molar-refractivity contribution in [3.63, 3.8) is 0 Å². The Morgan fingerprint density at radius 1 is 1.79 bits per heavy atom. The summed E-state index contributed by atoms with van der Waals surface area (Å²) in [6, 6.07) is 0. The van der Waals surface area contributed by atoms with Crippen LogP contribution in [0.2, 0.25) is 0 Å². The maximum atomic E-state index is 11.3. The Morgan fingerprint density at radius 3 is 2.93 bits per heavy atom. The summed E-state index contributed by atoms with van der Waals surface area (Å²) < 4.78 is 5.99. The van der Waals surface area contributed by atoms with E-state index < -0.39 is 12.1 Å². The lowest BCUT2D eigenvalue weighted by Crippen LogP contribution is -2.41. The van der Waals surface area contributed by atoms with E-state index in [0.29, 0.717) is 0 Å². The van der Waals surface area contributed by atoms with Crippen molar-refractivity contribution < 1.29 is 9.53 Å². The standard InChI is InChI=1S/C7H11N5O2/c1-14-6(13)5(11-7(8)9)12-3-2-10-4-12/h2-5H,1H3,(H4,8,9,11). The second kappa shape index (κ2) is 4.26. The molecule has 1 aromatic rings. The summed E-state index contributed by atoms with van der Waals surface area (Å²) in [5, 5.41) is 9.46. The van der Waals surface area contributed by atoms with Crippen LogP contribution in [0, 0.1) is 5.41 Å². The molecule has 7 nitrogen and oxygen atoms in total. The van der Waals surface area contributed by atoms with Gasteiger partial charge in [-0.3, -0.25) is 5.41 Å². The predicted octanol–water partition coefficient (Wildman–Crippen LogP) is -0.962. The lowest BCUT2D eigenvalue weighted by atomic mass is 10.5. The Morgan fingerprint density at radius 2 is 2.50 bits per heavy atom. The van der Waals surface area contributed by atoms with Crippen molar-refractivity contribution in [2.75, 3.05) is 7.11 Å². The van der Waals surface area contributed by atoms with E-state index in [1.165, 1.54) is 24.2 Å². The first-order valence-electron chi connectivity index (χ1n) is 3.81. The first-order valence-corrected chi connectivity index (χ1v) is 3.81. The quantitative estimate of drug-likeness (QED) is 0.328. The molecule has 0 saturated carbocycles. The minimum Gasteiger partial charge on any atom is -0.466 e. The summed E-state index contributed by atoms with van der Waals surface area (Å²) in [5.41, 5.74) is 5.12. The number of carbonyl (C=O) groups is 1. The number of nitrogens with one attached hydrogen (secondary N) is 2. The summed E-state index contributed by atoms with van der Waals surface area (Å²) in [7, 11) is 1.26. The smallest absolute Gasteiger partial charge is 0.349 e. The van der Waals surface area contributed by atoms with E-state index in [1.54, 1.807) is 6.20 Å². The van der Waals surface area contributed by atoms with Gasteiger partial charge in [0.05, 0.1) is 13.4 Å². The van der Waals surface area contributed by atoms with Gasteiger partial charge in [-0.2, -0.15) is 0 Å². The molecule has 1 unspecified atom stereocenters. The van der Waals surface area contributed by atoms with Crippen molar-refractivity contribution in [3.8, 4) is 0 Å². The SMILES string of the molecule is COC(=O)C(NC(=N)N)n1ccnc1. The number of imidazole rings is 1. The first kappa shape index (κ1) is 10.0. The summed E-state index contributed by atoms with van der Waals surface area (Å²) in [4.78, 5) is 15.0. The third-order valence-electron chi connectivity index (χ3n) is 1.54. The largest absolute Gasteiger partial charge is 0.466 e. The van der Waals surface area contributed by atoms with Crippen LogP contribution in [0.1, 0.15) is 6.17 Å². The van der Waals surface area contributed by atoms with Gasteiger partial charge in [0.25, 0.3) is 0 Å². The average molecular weight is 197 g/mol. The van der Waals surface area contributed by atoms with E-state index >= 15 is 0 Å². The van der Waals surface area contributed by atoms with Crippen molar-refractivity contribution in [3.05, 3.63) is 18.7 Å². The van der Waals surface area contributed by atoms with E-state index in [-0.39, 0.29) is 5.96 Å². The molecule has 76 valence electrons. The van der Waals surface area contributed by atoms with Crippen LogP contribution < -0.4 is 11.1 Å². The zero-order chi connectivity index (χ0) is 10.6. The van der Waals surface area contributed by atoms with Crippen LogP contribution in [-0.2, 0) is 9.53 Å². The molecule has 1 aromatic heterocycles. The van der Waals surface area contributed by atoms with Crippen molar-refractivity contribution >= 4 is 11.9 Å². The second-order valence-electron chi connectivity index (χ2n) is 2.49. The van der Waals surface area contributed by atoms with E-state index in [0.717, 1.165) is 0 Å². The van der Waals surface area contributed by atoms with Crippen molar-refractivity contribution in [2.24, 2.45) is 5.73 Å². The molecule has 0 fully saturated rings. The molecule has 0 spiro atoms. The lowest BCUT2D eigenvalue weighted by Gasteiger charge is -2.16. The second-order valence-corrected chi connectivity index (χ2v) is 2.49. The number of nitrogens with two attached hydrogens (primary N) is 1. The maximum absolute atomic E-state index is 11.3. The van der Waals surface area contributed by atoms with Gasteiger partial charge in [-0.15, -0.1) is 0 Å². The van der Waals surface area contributed by atoms with Gasteiger partial charge < -0.3 is 20.4 Å². The van der Waals surface area contributed by atoms with E-state index in [9.17, 15) is 4.79 Å². The third-order valence-corrected chi connectivity index (χ3v) is 1.54. The molecule has 1 rings (SSSR count). The monoisotopic (exact) mass is 197 g/mol. The Hall–Kier alpha value is -2.05. The third kappa shape index (κ3) is 2.22. The highest BCUT2D eigenvalue weighted by atomic mass is 16.5. The van der Waals surface area contributed by atoms with Crippen LogP contribution in [0.3, 0.4) is 0 Å². The molecule has 0 saturated heterocycles. The minimum atomic E-state index is -0.847. The van der Waals surface area contributed by atoms with E-state index in [1.807, 2.05) is 0 Å². The van der Waals surface area contributed by atoms with Gasteiger partial charge in [0.15, 0.2) is 5.96 Å². The molecule has 1 atom stereocenters. The highest BCUT2D eigenvalue weighted by Gasteiger charge is 2.20. The summed E-state index contributed by atoms with van der Waals surface area (Å²) in [6.07, 6.45) is 3.66. The Balaban J connectivity index is 2.82. The molecular formula is C7H11N5O2. The summed E-state index contributed by atoms with van der Waals surface area (Å²) >= 11 is 0. The highest BCUT2D eigenvalue weighted by molar-refractivity contribution is 5.82. The number of esters is 1. The summed E-state index contributed by atoms with van der Waals surface area (Å²) in [6.45, 7) is 0. The summed E-state index contributed by atoms with van der Waals surface area (Å²) in [5.74, 6) is -0.854. The first-order chi connectivity index (χ1) is 6.65. The van der Waals surface area contributed by atoms with Gasteiger partial charge in [-0.1, -0.05) is 0 Å². The Kier molecular flexibility index (Phi) is 3.05. The number of methoxy groups -OCH3 is 1. The van der Waals surface area contributed by atoms with E-state index in [2.05, 4.69) is 15.0 Å². The zero-order valence-corrected chi connectivity index (χ0v) is 7.60. The molecule has 0 aliphatic rings. The highest BCUT2D eigenvalue weighted by Crippen LogP contribution is 2.03. The van der Waals surface area contributed by atoms with Crippen LogP contribution >= 0.6 is 0 Å². The van der Waals surface area contributed by atoms with Crippen LogP contribution in [0.5, 0.6) is 0 Å². The average Bonchev–Trinajstić information content (AvgIpc) is 2.65. The number of hydrogen-bond acceptors (Lipinski definition) is 4. The minimum absolute atomic E-state index is 0.311. The number of guanidine groups is 1. The molecule has 4 N–H and O–H groups in total. The molecule has 0 amide bonds. The fourth-order valence-corrected chi connectivity index (χ4v) is 0.936. The molecule has 0 aliphatic carbocycles. The fraction of sp³-hybridized carbons (Fsp3) is 0.286. The Labute approximate surface area is 80.4 Å². The normalized spacial score (nSPS) is 11.8. The van der Waals surface area contributed by atoms with Crippen LogP contribution in [0.4, 0.5) is 0 Å². The van der Waals surface area contributed by atoms with Crippen molar-refractivity contribution in [2.45, 2.75) is 6.17 Å². The maximum Gasteiger partial charge on any atom is 0.349 e. The number of aromatic nitrogens is 2. The Bertz CT molecular complexity index is 321. The topological polar surface area (TPSA) is 106 Å². The zero-order valence-electron chi connectivity index (χ0n) is 7.60. The molecule has 1 heterocycles. The van der Waals surface area contributed by atoms with Crippen LogP contribution in [0.25, 0.3) is 0 Å². The number of ether oxygens (including phenoxy) is 1. The molecule has 0 radical (unpaired) electrons. The number of rotatable bonds is 3. The number of nitrogens with zero attached hydrogens (tertiary/aromatic N) is 2. The number of carbonyl (C=O) groups excluding carboxylic acids is 1. The molecule has 0 bridgehead atoms. The van der Waals surface area contributed by atoms with Crippen molar-refractivity contribution in [1.29, 1.82) is 5.41 Å². The van der Waals surface area contributed by atoms with Gasteiger partial charge in [0.2, 0.25) is 6.17 Å². The van der Waals surface area contributed by atoms with Gasteiger partial charge in [-0.05, 0) is 0 Å². The van der Waals surface area contributed by atoms with Gasteiger partial charge in [-0.25, -0.2) is 9.78 Å². The number of hydrogen-bond donors (Lipinski definition) is 3. The molecular weight excluding hydrogens is 186 g/mol. The van der Waals surface area contributed by atoms with Crippen LogP contribution in [0.15, 0.2) is 18.7 Å². The molecule has 0 aliphatic heterocycles.